The average molecular weight is 431 g/mol. The van der Waals surface area contributed by atoms with Gasteiger partial charge in [0, 0.05) is 42.0 Å². The number of ether oxygens (including phenoxy) is 2. The topological polar surface area (TPSA) is 67.5 Å². The van der Waals surface area contributed by atoms with Crippen LogP contribution in [-0.4, -0.2) is 53.2 Å². The molecule has 0 bridgehead atoms. The molecule has 0 radical (unpaired) electrons. The van der Waals surface area contributed by atoms with Crippen LogP contribution in [-0.2, 0) is 15.7 Å². The van der Waals surface area contributed by atoms with Crippen LogP contribution in [0.25, 0.3) is 17.0 Å². The summed E-state index contributed by atoms with van der Waals surface area (Å²) in [6, 6.07) is 9.90. The van der Waals surface area contributed by atoms with Crippen molar-refractivity contribution >= 4 is 22.9 Å². The van der Waals surface area contributed by atoms with E-state index < -0.39 is 17.8 Å². The third-order valence-electron chi connectivity index (χ3n) is 4.96. The second-order valence-electron chi connectivity index (χ2n) is 7.09. The van der Waals surface area contributed by atoms with Crippen LogP contribution >= 0.6 is 0 Å². The first kappa shape index (κ1) is 20.9. The molecule has 1 fully saturated rings. The molecule has 1 amide bonds. The number of rotatable bonds is 5. The summed E-state index contributed by atoms with van der Waals surface area (Å²) in [5.74, 6) is -0.0782. The van der Waals surface area contributed by atoms with Gasteiger partial charge >= 0.3 is 6.18 Å². The van der Waals surface area contributed by atoms with Crippen LogP contribution in [0.3, 0.4) is 0 Å². The zero-order valence-electron chi connectivity index (χ0n) is 16.4. The Hall–Kier alpha value is -3.33. The van der Waals surface area contributed by atoms with Gasteiger partial charge < -0.3 is 19.4 Å². The number of amides is 1. The Morgan fingerprint density at radius 2 is 2.13 bits per heavy atom. The summed E-state index contributed by atoms with van der Waals surface area (Å²) in [7, 11) is 0. The number of hydrogen-bond acceptors (Lipinski definition) is 4. The molecule has 31 heavy (non-hydrogen) atoms. The second kappa shape index (κ2) is 8.81. The molecule has 1 N–H and O–H groups in total. The lowest BCUT2D eigenvalue weighted by Crippen LogP contribution is -2.47. The lowest BCUT2D eigenvalue weighted by atomic mass is 10.1. The molecule has 0 spiro atoms. The Morgan fingerprint density at radius 3 is 2.90 bits per heavy atom. The third-order valence-corrected chi connectivity index (χ3v) is 4.96. The van der Waals surface area contributed by atoms with Gasteiger partial charge in [-0.25, -0.2) is 4.98 Å². The average Bonchev–Trinajstić information content (AvgIpc) is 3.19. The van der Waals surface area contributed by atoms with Crippen LogP contribution in [0.2, 0.25) is 0 Å². The molecule has 3 heterocycles. The fraction of sp³-hybridized carbons (Fsp3) is 0.273. The van der Waals surface area contributed by atoms with E-state index in [1.54, 1.807) is 11.0 Å². The molecule has 1 aliphatic heterocycles. The molecule has 2 aromatic heterocycles. The Balaban J connectivity index is 1.32. The van der Waals surface area contributed by atoms with Crippen molar-refractivity contribution in [2.24, 2.45) is 0 Å². The molecule has 6 nitrogen and oxygen atoms in total. The number of alkyl halides is 3. The summed E-state index contributed by atoms with van der Waals surface area (Å²) < 4.78 is 48.9. The molecule has 162 valence electrons. The monoisotopic (exact) mass is 431 g/mol. The number of benzene rings is 1. The lowest BCUT2D eigenvalue weighted by molar-refractivity contribution is -0.137. The highest BCUT2D eigenvalue weighted by molar-refractivity contribution is 5.96. The van der Waals surface area contributed by atoms with Gasteiger partial charge in [-0.1, -0.05) is 18.2 Å². The van der Waals surface area contributed by atoms with Gasteiger partial charge in [-0.3, -0.25) is 4.79 Å². The minimum atomic E-state index is -4.45. The van der Waals surface area contributed by atoms with Gasteiger partial charge in [0.25, 0.3) is 0 Å². The molecule has 3 aromatic rings. The van der Waals surface area contributed by atoms with Crippen molar-refractivity contribution in [1.29, 1.82) is 0 Å². The maximum atomic E-state index is 12.6. The maximum absolute atomic E-state index is 12.6. The fourth-order valence-electron chi connectivity index (χ4n) is 3.33. The van der Waals surface area contributed by atoms with Crippen molar-refractivity contribution in [2.45, 2.75) is 12.3 Å². The van der Waals surface area contributed by atoms with E-state index in [0.717, 1.165) is 28.7 Å². The molecule has 0 aliphatic carbocycles. The molecule has 1 aromatic carbocycles. The van der Waals surface area contributed by atoms with Crippen LogP contribution in [0.1, 0.15) is 11.1 Å². The predicted molar refractivity (Wildman–Crippen MR) is 108 cm³/mol. The number of nitrogens with one attached hydrogen (secondary N) is 1. The SMILES string of the molecule is O=C(/C=C/c1c[nH]c2ccccc12)N1CCOC(COc2ccc(C(F)(F)F)cn2)C1. The van der Waals surface area contributed by atoms with Gasteiger partial charge in [0.15, 0.2) is 0 Å². The van der Waals surface area contributed by atoms with Gasteiger partial charge in [-0.2, -0.15) is 13.2 Å². The van der Waals surface area contributed by atoms with Gasteiger partial charge in [0.2, 0.25) is 11.8 Å². The standard InChI is InChI=1S/C22H20F3N3O3/c23-22(24,25)16-6-7-20(27-12-16)31-14-17-13-28(9-10-30-17)21(29)8-5-15-11-26-19-4-2-1-3-18(15)19/h1-8,11-12,17,26H,9-10,13-14H2/b8-5+. The first-order valence-corrected chi connectivity index (χ1v) is 9.71. The molecular formula is C22H20F3N3O3. The summed E-state index contributed by atoms with van der Waals surface area (Å²) >= 11 is 0. The van der Waals surface area contributed by atoms with E-state index in [4.69, 9.17) is 9.47 Å². The van der Waals surface area contributed by atoms with E-state index in [2.05, 4.69) is 9.97 Å². The van der Waals surface area contributed by atoms with Crippen molar-refractivity contribution in [1.82, 2.24) is 14.9 Å². The van der Waals surface area contributed by atoms with Crippen LogP contribution in [0.4, 0.5) is 13.2 Å². The smallest absolute Gasteiger partial charge is 0.417 e. The molecular weight excluding hydrogens is 411 g/mol. The van der Waals surface area contributed by atoms with Gasteiger partial charge in [0.05, 0.1) is 18.7 Å². The maximum Gasteiger partial charge on any atom is 0.417 e. The molecule has 9 heteroatoms. The van der Waals surface area contributed by atoms with Crippen LogP contribution in [0.15, 0.2) is 54.9 Å². The lowest BCUT2D eigenvalue weighted by Gasteiger charge is -2.32. The number of aromatic amines is 1. The predicted octanol–water partition coefficient (Wildman–Crippen LogP) is 3.90. The van der Waals surface area contributed by atoms with E-state index >= 15 is 0 Å². The van der Waals surface area contributed by atoms with E-state index in [9.17, 15) is 18.0 Å². The van der Waals surface area contributed by atoms with Crippen LogP contribution < -0.4 is 4.74 Å². The largest absolute Gasteiger partial charge is 0.475 e. The van der Waals surface area contributed by atoms with Crippen molar-refractivity contribution < 1.29 is 27.4 Å². The van der Waals surface area contributed by atoms with Crippen molar-refractivity contribution in [3.8, 4) is 5.88 Å². The number of aromatic nitrogens is 2. The Morgan fingerprint density at radius 1 is 1.29 bits per heavy atom. The van der Waals surface area contributed by atoms with Crippen molar-refractivity contribution in [2.75, 3.05) is 26.3 Å². The minimum absolute atomic E-state index is 0.0688. The zero-order chi connectivity index (χ0) is 21.8. The Labute approximate surface area is 176 Å². The fourth-order valence-corrected chi connectivity index (χ4v) is 3.33. The molecule has 1 aliphatic rings. The summed E-state index contributed by atoms with van der Waals surface area (Å²) in [6.45, 7) is 1.19. The Kier molecular flexibility index (Phi) is 5.94. The normalized spacial score (nSPS) is 17.4. The summed E-state index contributed by atoms with van der Waals surface area (Å²) in [6.07, 6.45) is 1.02. The number of H-pyrrole nitrogens is 1. The highest BCUT2D eigenvalue weighted by atomic mass is 19.4. The number of halogens is 3. The number of hydrogen-bond donors (Lipinski definition) is 1. The number of carbonyl (C=O) groups is 1. The van der Waals surface area contributed by atoms with Gasteiger partial charge in [-0.15, -0.1) is 0 Å². The molecule has 1 saturated heterocycles. The highest BCUT2D eigenvalue weighted by Gasteiger charge is 2.31. The molecule has 1 unspecified atom stereocenters. The summed E-state index contributed by atoms with van der Waals surface area (Å²) in [5.41, 5.74) is 1.08. The first-order valence-electron chi connectivity index (χ1n) is 9.71. The van der Waals surface area contributed by atoms with E-state index in [1.807, 2.05) is 30.5 Å². The van der Waals surface area contributed by atoms with Gasteiger partial charge in [-0.05, 0) is 23.8 Å². The number of morpholine rings is 1. The molecule has 4 rings (SSSR count). The number of para-hydroxylation sites is 1. The highest BCUT2D eigenvalue weighted by Crippen LogP contribution is 2.29. The quantitative estimate of drug-likeness (QED) is 0.623. The first-order chi connectivity index (χ1) is 14.9. The minimum Gasteiger partial charge on any atom is -0.475 e. The van der Waals surface area contributed by atoms with Crippen molar-refractivity contribution in [3.63, 3.8) is 0 Å². The summed E-state index contributed by atoms with van der Waals surface area (Å²) in [5, 5.41) is 1.03. The van der Waals surface area contributed by atoms with E-state index in [-0.39, 0.29) is 18.4 Å². The molecule has 1 atom stereocenters. The zero-order valence-corrected chi connectivity index (χ0v) is 16.4. The van der Waals surface area contributed by atoms with E-state index in [1.165, 1.54) is 12.1 Å². The number of nitrogens with zero attached hydrogens (tertiary/aromatic N) is 2. The number of fused-ring (bicyclic) bond motifs is 1. The number of carbonyl (C=O) groups excluding carboxylic acids is 1. The summed E-state index contributed by atoms with van der Waals surface area (Å²) in [4.78, 5) is 21.1. The van der Waals surface area contributed by atoms with Crippen LogP contribution in [0, 0.1) is 0 Å². The number of pyridine rings is 1. The Bertz CT molecular complexity index is 1080. The van der Waals surface area contributed by atoms with Crippen LogP contribution in [0.5, 0.6) is 5.88 Å². The van der Waals surface area contributed by atoms with Crippen molar-refractivity contribution in [3.05, 3.63) is 66.0 Å². The third kappa shape index (κ3) is 5.05. The van der Waals surface area contributed by atoms with Gasteiger partial charge in [0.1, 0.15) is 12.7 Å². The van der Waals surface area contributed by atoms with E-state index in [0.29, 0.717) is 19.7 Å². The molecule has 0 saturated carbocycles. The second-order valence-corrected chi connectivity index (χ2v) is 7.09.